The van der Waals surface area contributed by atoms with Crippen LogP contribution in [0.15, 0.2) is 30.5 Å². The zero-order valence-corrected chi connectivity index (χ0v) is 18.8. The molecule has 4 atom stereocenters. The molecule has 6 rings (SSSR count). The predicted octanol–water partition coefficient (Wildman–Crippen LogP) is 3.91. The van der Waals surface area contributed by atoms with Gasteiger partial charge in [0.2, 0.25) is 0 Å². The molecule has 1 N–H and O–H groups in total. The molecular formula is C25H34N6. The summed E-state index contributed by atoms with van der Waals surface area (Å²) in [6, 6.07) is 4.10. The van der Waals surface area contributed by atoms with Crippen molar-refractivity contribution in [2.24, 2.45) is 36.1 Å². The van der Waals surface area contributed by atoms with Crippen molar-refractivity contribution in [2.75, 3.05) is 31.5 Å². The Morgan fingerprint density at radius 1 is 1.13 bits per heavy atom. The average Bonchev–Trinajstić information content (AvgIpc) is 3.11. The maximum atomic E-state index is 4.42. The van der Waals surface area contributed by atoms with Gasteiger partial charge in [-0.25, -0.2) is 0 Å². The standard InChI is InChI=1S/C25H34N6/c1-17-22(16-30(2)29-17)23-5-6-24(28-27-23)26-14-21-13-25(21)7-9-31(10-8-25)15-20-12-18-3-4-19(20)11-18/h3-6,16,18-21H,7-15H2,1-2H3,(H,26,28). The van der Waals surface area contributed by atoms with Gasteiger partial charge in [0.05, 0.1) is 11.4 Å². The number of aryl methyl sites for hydroxylation is 2. The summed E-state index contributed by atoms with van der Waals surface area (Å²) in [4.78, 5) is 2.76. The summed E-state index contributed by atoms with van der Waals surface area (Å²) in [5.74, 6) is 4.39. The lowest BCUT2D eigenvalue weighted by Crippen LogP contribution is -2.39. The summed E-state index contributed by atoms with van der Waals surface area (Å²) in [5.41, 5.74) is 3.52. The smallest absolute Gasteiger partial charge is 0.148 e. The van der Waals surface area contributed by atoms with Gasteiger partial charge in [0.25, 0.3) is 0 Å². The number of piperidine rings is 1. The molecule has 2 aromatic heterocycles. The molecule has 0 aromatic carbocycles. The van der Waals surface area contributed by atoms with Crippen LogP contribution in [0.1, 0.15) is 37.8 Å². The Balaban J connectivity index is 0.977. The van der Waals surface area contributed by atoms with Gasteiger partial charge in [0.1, 0.15) is 5.82 Å². The molecule has 2 saturated carbocycles. The van der Waals surface area contributed by atoms with Crippen molar-refractivity contribution in [3.63, 3.8) is 0 Å². The number of hydrogen-bond acceptors (Lipinski definition) is 5. The first-order chi connectivity index (χ1) is 15.1. The third-order valence-electron chi connectivity index (χ3n) is 8.60. The third-order valence-corrected chi connectivity index (χ3v) is 8.60. The summed E-state index contributed by atoms with van der Waals surface area (Å²) in [7, 11) is 1.94. The highest BCUT2D eigenvalue weighted by molar-refractivity contribution is 5.61. The number of hydrogen-bond donors (Lipinski definition) is 1. The van der Waals surface area contributed by atoms with Gasteiger partial charge in [-0.15, -0.1) is 10.2 Å². The van der Waals surface area contributed by atoms with Crippen molar-refractivity contribution in [3.8, 4) is 11.3 Å². The van der Waals surface area contributed by atoms with Crippen LogP contribution in [0.25, 0.3) is 11.3 Å². The van der Waals surface area contributed by atoms with Crippen LogP contribution in [0.3, 0.4) is 0 Å². The molecule has 1 saturated heterocycles. The molecule has 4 unspecified atom stereocenters. The molecular weight excluding hydrogens is 384 g/mol. The molecule has 0 radical (unpaired) electrons. The van der Waals surface area contributed by atoms with Gasteiger partial charge in [-0.1, -0.05) is 12.2 Å². The highest BCUT2D eigenvalue weighted by atomic mass is 15.3. The molecule has 2 bridgehead atoms. The number of allylic oxidation sites excluding steroid dienone is 2. The van der Waals surface area contributed by atoms with Gasteiger partial charge >= 0.3 is 0 Å². The zero-order chi connectivity index (χ0) is 21.0. The second-order valence-corrected chi connectivity index (χ2v) is 10.6. The van der Waals surface area contributed by atoms with Crippen molar-refractivity contribution in [1.82, 2.24) is 24.9 Å². The Morgan fingerprint density at radius 3 is 2.65 bits per heavy atom. The Bertz CT molecular complexity index is 968. The van der Waals surface area contributed by atoms with Crippen molar-refractivity contribution < 1.29 is 0 Å². The van der Waals surface area contributed by atoms with Crippen molar-refractivity contribution in [1.29, 1.82) is 0 Å². The third kappa shape index (κ3) is 3.69. The minimum atomic E-state index is 0.596. The average molecular weight is 419 g/mol. The first-order valence-corrected chi connectivity index (χ1v) is 12.1. The molecule has 6 heteroatoms. The van der Waals surface area contributed by atoms with Crippen LogP contribution in [0, 0.1) is 36.0 Å². The lowest BCUT2D eigenvalue weighted by Gasteiger charge is -2.35. The van der Waals surface area contributed by atoms with E-state index in [0.717, 1.165) is 53.0 Å². The fraction of sp³-hybridized carbons (Fsp3) is 0.640. The first-order valence-electron chi connectivity index (χ1n) is 12.1. The number of anilines is 1. The number of aromatic nitrogens is 4. The molecule has 2 aromatic rings. The summed E-state index contributed by atoms with van der Waals surface area (Å²) in [5, 5.41) is 16.8. The number of nitrogens with zero attached hydrogens (tertiary/aromatic N) is 5. The summed E-state index contributed by atoms with van der Waals surface area (Å²) in [6.07, 6.45) is 14.0. The van der Waals surface area contributed by atoms with Gasteiger partial charge in [0, 0.05) is 31.9 Å². The van der Waals surface area contributed by atoms with E-state index in [1.807, 2.05) is 30.9 Å². The Labute approximate surface area is 185 Å². The minimum absolute atomic E-state index is 0.596. The van der Waals surface area contributed by atoms with E-state index >= 15 is 0 Å². The van der Waals surface area contributed by atoms with E-state index in [2.05, 4.69) is 43.7 Å². The molecule has 6 nitrogen and oxygen atoms in total. The van der Waals surface area contributed by atoms with E-state index < -0.39 is 0 Å². The minimum Gasteiger partial charge on any atom is -0.368 e. The van der Waals surface area contributed by atoms with Crippen molar-refractivity contribution in [2.45, 2.75) is 39.0 Å². The monoisotopic (exact) mass is 418 g/mol. The number of likely N-dealkylation sites (tertiary alicyclic amines) is 1. The van der Waals surface area contributed by atoms with E-state index in [4.69, 9.17) is 0 Å². The van der Waals surface area contributed by atoms with Gasteiger partial charge in [-0.05, 0) is 93.3 Å². The summed E-state index contributed by atoms with van der Waals surface area (Å²) < 4.78 is 1.82. The predicted molar refractivity (Wildman–Crippen MR) is 123 cm³/mol. The van der Waals surface area contributed by atoms with Crippen LogP contribution in [0.4, 0.5) is 5.82 Å². The zero-order valence-electron chi connectivity index (χ0n) is 18.8. The Hall–Kier alpha value is -2.21. The van der Waals surface area contributed by atoms with Crippen LogP contribution in [-0.2, 0) is 7.05 Å². The lowest BCUT2D eigenvalue weighted by atomic mass is 9.88. The fourth-order valence-corrected chi connectivity index (χ4v) is 6.60. The second kappa shape index (κ2) is 7.44. The Morgan fingerprint density at radius 2 is 2.00 bits per heavy atom. The van der Waals surface area contributed by atoms with E-state index in [0.29, 0.717) is 5.41 Å². The SMILES string of the molecule is Cc1nn(C)cc1-c1ccc(NCC2CC23CCN(CC2CC4C=CC2C4)CC3)nn1. The molecule has 1 spiro atoms. The molecule has 3 heterocycles. The Kier molecular flexibility index (Phi) is 4.67. The lowest BCUT2D eigenvalue weighted by molar-refractivity contribution is 0.136. The molecule has 4 aliphatic rings. The maximum absolute atomic E-state index is 4.42. The van der Waals surface area contributed by atoms with E-state index in [1.54, 1.807) is 0 Å². The fourth-order valence-electron chi connectivity index (χ4n) is 6.60. The van der Waals surface area contributed by atoms with E-state index in [9.17, 15) is 0 Å². The highest BCUT2D eigenvalue weighted by Gasteiger charge is 2.54. The first kappa shape index (κ1) is 19.5. The van der Waals surface area contributed by atoms with Gasteiger partial charge in [0.15, 0.2) is 0 Å². The molecule has 164 valence electrons. The van der Waals surface area contributed by atoms with Gasteiger partial charge in [-0.2, -0.15) is 5.10 Å². The number of nitrogens with one attached hydrogen (secondary N) is 1. The van der Waals surface area contributed by atoms with Gasteiger partial charge in [-0.3, -0.25) is 4.68 Å². The molecule has 0 amide bonds. The van der Waals surface area contributed by atoms with E-state index in [1.165, 1.54) is 51.7 Å². The highest BCUT2D eigenvalue weighted by Crippen LogP contribution is 2.59. The van der Waals surface area contributed by atoms with Crippen LogP contribution < -0.4 is 5.32 Å². The second-order valence-electron chi connectivity index (χ2n) is 10.6. The van der Waals surface area contributed by atoms with Crippen LogP contribution in [0.5, 0.6) is 0 Å². The quantitative estimate of drug-likeness (QED) is 0.721. The molecule has 3 aliphatic carbocycles. The molecule has 1 aliphatic heterocycles. The van der Waals surface area contributed by atoms with Crippen LogP contribution in [0.2, 0.25) is 0 Å². The van der Waals surface area contributed by atoms with Crippen LogP contribution in [-0.4, -0.2) is 51.1 Å². The van der Waals surface area contributed by atoms with Crippen molar-refractivity contribution >= 4 is 5.82 Å². The van der Waals surface area contributed by atoms with Crippen LogP contribution >= 0.6 is 0 Å². The number of fused-ring (bicyclic) bond motifs is 2. The molecule has 31 heavy (non-hydrogen) atoms. The summed E-state index contributed by atoms with van der Waals surface area (Å²) >= 11 is 0. The summed E-state index contributed by atoms with van der Waals surface area (Å²) in [6.45, 7) is 6.97. The molecule has 3 fully saturated rings. The van der Waals surface area contributed by atoms with Crippen molar-refractivity contribution in [3.05, 3.63) is 36.2 Å². The largest absolute Gasteiger partial charge is 0.368 e. The number of rotatable bonds is 6. The maximum Gasteiger partial charge on any atom is 0.148 e. The normalized spacial score (nSPS) is 30.9. The van der Waals surface area contributed by atoms with E-state index in [-0.39, 0.29) is 0 Å². The topological polar surface area (TPSA) is 58.9 Å². The van der Waals surface area contributed by atoms with Gasteiger partial charge < -0.3 is 10.2 Å².